The molecule has 0 radical (unpaired) electrons. The number of hydrogen-bond acceptors (Lipinski definition) is 5. The molecule has 1 saturated heterocycles. The number of ether oxygens (including phenoxy) is 1. The van der Waals surface area contributed by atoms with Gasteiger partial charge in [-0.25, -0.2) is 0 Å². The molecule has 2 N–H and O–H groups in total. The average molecular weight is 268 g/mol. The van der Waals surface area contributed by atoms with E-state index in [2.05, 4.69) is 14.8 Å². The molecule has 0 aromatic carbocycles. The van der Waals surface area contributed by atoms with Crippen molar-refractivity contribution in [1.29, 1.82) is 0 Å². The third-order valence-corrected chi connectivity index (χ3v) is 4.50. The van der Waals surface area contributed by atoms with Gasteiger partial charge in [0.1, 0.15) is 5.82 Å². The first-order valence-corrected chi connectivity index (χ1v) is 7.75. The van der Waals surface area contributed by atoms with E-state index in [1.165, 1.54) is 25.7 Å². The molecule has 18 heavy (non-hydrogen) atoms. The second kappa shape index (κ2) is 5.59. The maximum absolute atomic E-state index is 5.71. The van der Waals surface area contributed by atoms with E-state index in [1.54, 1.807) is 11.8 Å². The highest BCUT2D eigenvalue weighted by molar-refractivity contribution is 7.99. The fraction of sp³-hybridized carbons (Fsp3) is 0.833. The van der Waals surface area contributed by atoms with Crippen LogP contribution in [-0.2, 0) is 11.3 Å². The van der Waals surface area contributed by atoms with Gasteiger partial charge < -0.3 is 15.0 Å². The van der Waals surface area contributed by atoms with E-state index in [0.717, 1.165) is 29.8 Å². The van der Waals surface area contributed by atoms with Crippen molar-refractivity contribution in [3.63, 3.8) is 0 Å². The predicted molar refractivity (Wildman–Crippen MR) is 70.5 cm³/mol. The monoisotopic (exact) mass is 268 g/mol. The van der Waals surface area contributed by atoms with Crippen molar-refractivity contribution < 1.29 is 4.74 Å². The Morgan fingerprint density at radius 2 is 2.22 bits per heavy atom. The Bertz CT molecular complexity index is 399. The lowest BCUT2D eigenvalue weighted by molar-refractivity contribution is 0.109. The van der Waals surface area contributed by atoms with Crippen LogP contribution in [0.5, 0.6) is 0 Å². The molecule has 1 aliphatic heterocycles. The van der Waals surface area contributed by atoms with Gasteiger partial charge in [-0.2, -0.15) is 0 Å². The average Bonchev–Trinajstić information content (AvgIpc) is 2.93. The Hall–Kier alpha value is -0.590. The van der Waals surface area contributed by atoms with Gasteiger partial charge in [-0.15, -0.1) is 10.2 Å². The molecule has 1 aliphatic carbocycles. The van der Waals surface area contributed by atoms with E-state index in [1.807, 2.05) is 0 Å². The minimum absolute atomic E-state index is 0.462. The standard InChI is InChI=1S/C12H20N4OS/c13-8-11-14-15-12(16(11)9-3-4-9)18-7-5-10-2-1-6-17-10/h9-10H,1-8,13H2. The van der Waals surface area contributed by atoms with Crippen LogP contribution in [0.15, 0.2) is 5.16 Å². The van der Waals surface area contributed by atoms with Gasteiger partial charge in [0, 0.05) is 18.4 Å². The minimum Gasteiger partial charge on any atom is -0.378 e. The molecule has 1 unspecified atom stereocenters. The molecule has 0 amide bonds. The van der Waals surface area contributed by atoms with E-state index >= 15 is 0 Å². The molecule has 1 aromatic heterocycles. The van der Waals surface area contributed by atoms with Crippen molar-refractivity contribution in [2.75, 3.05) is 12.4 Å². The Morgan fingerprint density at radius 3 is 2.89 bits per heavy atom. The summed E-state index contributed by atoms with van der Waals surface area (Å²) in [7, 11) is 0. The van der Waals surface area contributed by atoms with Crippen LogP contribution in [0.1, 0.15) is 44.0 Å². The molecule has 1 atom stereocenters. The first-order valence-electron chi connectivity index (χ1n) is 6.76. The van der Waals surface area contributed by atoms with E-state index < -0.39 is 0 Å². The summed E-state index contributed by atoms with van der Waals surface area (Å²) in [5.74, 6) is 1.98. The van der Waals surface area contributed by atoms with Gasteiger partial charge in [-0.1, -0.05) is 11.8 Å². The highest BCUT2D eigenvalue weighted by atomic mass is 32.2. The third kappa shape index (κ3) is 2.70. The highest BCUT2D eigenvalue weighted by Gasteiger charge is 2.29. The lowest BCUT2D eigenvalue weighted by atomic mass is 10.2. The van der Waals surface area contributed by atoms with Crippen molar-refractivity contribution in [3.8, 4) is 0 Å². The molecule has 100 valence electrons. The smallest absolute Gasteiger partial charge is 0.191 e. The Kier molecular flexibility index (Phi) is 3.86. The number of nitrogens with two attached hydrogens (primary N) is 1. The Labute approximate surface area is 111 Å². The summed E-state index contributed by atoms with van der Waals surface area (Å²) >= 11 is 1.79. The maximum Gasteiger partial charge on any atom is 0.191 e. The van der Waals surface area contributed by atoms with E-state index in [4.69, 9.17) is 10.5 Å². The van der Waals surface area contributed by atoms with Gasteiger partial charge >= 0.3 is 0 Å². The van der Waals surface area contributed by atoms with E-state index in [-0.39, 0.29) is 0 Å². The van der Waals surface area contributed by atoms with Crippen LogP contribution in [0.3, 0.4) is 0 Å². The summed E-state index contributed by atoms with van der Waals surface area (Å²) < 4.78 is 7.87. The van der Waals surface area contributed by atoms with Gasteiger partial charge in [0.2, 0.25) is 0 Å². The lowest BCUT2D eigenvalue weighted by Gasteiger charge is -2.09. The topological polar surface area (TPSA) is 66.0 Å². The molecule has 1 saturated carbocycles. The van der Waals surface area contributed by atoms with Crippen LogP contribution in [0.25, 0.3) is 0 Å². The van der Waals surface area contributed by atoms with Crippen LogP contribution in [0, 0.1) is 0 Å². The molecule has 2 aliphatic rings. The molecular formula is C12H20N4OS. The summed E-state index contributed by atoms with van der Waals surface area (Å²) in [4.78, 5) is 0. The Balaban J connectivity index is 1.56. The summed E-state index contributed by atoms with van der Waals surface area (Å²) in [6.07, 6.45) is 6.48. The van der Waals surface area contributed by atoms with Gasteiger partial charge in [-0.3, -0.25) is 0 Å². The summed E-state index contributed by atoms with van der Waals surface area (Å²) in [5.41, 5.74) is 5.71. The number of hydrogen-bond donors (Lipinski definition) is 1. The number of nitrogens with zero attached hydrogens (tertiary/aromatic N) is 3. The molecule has 5 nitrogen and oxygen atoms in total. The van der Waals surface area contributed by atoms with Gasteiger partial charge in [0.25, 0.3) is 0 Å². The molecule has 2 heterocycles. The second-order valence-electron chi connectivity index (χ2n) is 4.98. The Morgan fingerprint density at radius 1 is 1.33 bits per heavy atom. The summed E-state index contributed by atoms with van der Waals surface area (Å²) in [6.45, 7) is 1.42. The summed E-state index contributed by atoms with van der Waals surface area (Å²) in [6, 6.07) is 0.601. The summed E-state index contributed by atoms with van der Waals surface area (Å²) in [5, 5.41) is 9.49. The SMILES string of the molecule is NCc1nnc(SCCC2CCCO2)n1C1CC1. The van der Waals surface area contributed by atoms with Crippen molar-refractivity contribution >= 4 is 11.8 Å². The number of thioether (sulfide) groups is 1. The zero-order valence-electron chi connectivity index (χ0n) is 10.5. The number of rotatable bonds is 6. The van der Waals surface area contributed by atoms with E-state index in [0.29, 0.717) is 18.7 Å². The molecule has 0 spiro atoms. The molecular weight excluding hydrogens is 248 g/mol. The molecule has 2 fully saturated rings. The second-order valence-corrected chi connectivity index (χ2v) is 6.04. The van der Waals surface area contributed by atoms with Crippen molar-refractivity contribution in [2.45, 2.75) is 56.0 Å². The quantitative estimate of drug-likeness (QED) is 0.796. The molecule has 3 rings (SSSR count). The molecule has 0 bridgehead atoms. The normalized spacial score (nSPS) is 23.7. The van der Waals surface area contributed by atoms with Gasteiger partial charge in [0.15, 0.2) is 5.16 Å². The molecule has 1 aromatic rings. The van der Waals surface area contributed by atoms with Crippen LogP contribution >= 0.6 is 11.8 Å². The zero-order chi connectivity index (χ0) is 12.4. The zero-order valence-corrected chi connectivity index (χ0v) is 11.4. The first kappa shape index (κ1) is 12.4. The fourth-order valence-corrected chi connectivity index (χ4v) is 3.45. The van der Waals surface area contributed by atoms with Gasteiger partial charge in [-0.05, 0) is 32.1 Å². The first-order chi connectivity index (χ1) is 8.88. The van der Waals surface area contributed by atoms with Crippen molar-refractivity contribution in [2.24, 2.45) is 5.73 Å². The largest absolute Gasteiger partial charge is 0.378 e. The maximum atomic E-state index is 5.71. The van der Waals surface area contributed by atoms with Gasteiger partial charge in [0.05, 0.1) is 12.6 Å². The van der Waals surface area contributed by atoms with Crippen LogP contribution < -0.4 is 5.73 Å². The molecule has 6 heteroatoms. The van der Waals surface area contributed by atoms with Crippen molar-refractivity contribution in [3.05, 3.63) is 5.82 Å². The van der Waals surface area contributed by atoms with Crippen LogP contribution in [-0.4, -0.2) is 33.2 Å². The van der Waals surface area contributed by atoms with Crippen LogP contribution in [0.2, 0.25) is 0 Å². The fourth-order valence-electron chi connectivity index (χ4n) is 2.40. The van der Waals surface area contributed by atoms with Crippen molar-refractivity contribution in [1.82, 2.24) is 14.8 Å². The number of aromatic nitrogens is 3. The minimum atomic E-state index is 0.462. The van der Waals surface area contributed by atoms with E-state index in [9.17, 15) is 0 Å². The third-order valence-electron chi connectivity index (χ3n) is 3.52. The highest BCUT2D eigenvalue weighted by Crippen LogP contribution is 2.38. The van der Waals surface area contributed by atoms with Crippen LogP contribution in [0.4, 0.5) is 0 Å². The lowest BCUT2D eigenvalue weighted by Crippen LogP contribution is -2.09. The predicted octanol–water partition coefficient (Wildman–Crippen LogP) is 1.73.